The molecule has 1 fully saturated rings. The van der Waals surface area contributed by atoms with Gasteiger partial charge < -0.3 is 0 Å². The van der Waals surface area contributed by atoms with Crippen LogP contribution in [0.5, 0.6) is 0 Å². The Morgan fingerprint density at radius 2 is 2.25 bits per heavy atom. The van der Waals surface area contributed by atoms with Crippen LogP contribution in [-0.4, -0.2) is 26.2 Å². The van der Waals surface area contributed by atoms with Crippen molar-refractivity contribution in [1.29, 1.82) is 0 Å². The third-order valence-electron chi connectivity index (χ3n) is 1.14. The molecular weight excluding hydrogens is 220 g/mol. The van der Waals surface area contributed by atoms with Gasteiger partial charge in [0, 0.05) is 19.5 Å². The van der Waals surface area contributed by atoms with E-state index in [-0.39, 0.29) is 25.6 Å². The zero-order chi connectivity index (χ0) is 5.11. The summed E-state index contributed by atoms with van der Waals surface area (Å²) in [6, 6.07) is 0. The van der Waals surface area contributed by atoms with Crippen molar-refractivity contribution in [3.8, 4) is 0 Å². The molecule has 1 heterocycles. The monoisotopic (exact) mass is 230 g/mol. The second-order valence-electron chi connectivity index (χ2n) is 1.87. The van der Waals surface area contributed by atoms with Crippen LogP contribution >= 0.6 is 0 Å². The number of aliphatic hydroxyl groups is 1. The van der Waals surface area contributed by atoms with E-state index in [1.807, 2.05) is 0 Å². The molecule has 0 amide bonds. The fourth-order valence-corrected chi connectivity index (χ4v) is 2.77. The SMILES string of the molecule is OC1CCC[Se]C1.[Zn]. The molecule has 0 aromatic rings. The molecule has 0 radical (unpaired) electrons. The fourth-order valence-electron chi connectivity index (χ4n) is 0.724. The molecule has 1 rings (SSSR count). The molecule has 0 saturated carbocycles. The second kappa shape index (κ2) is 4.93. The van der Waals surface area contributed by atoms with Gasteiger partial charge in [-0.25, -0.2) is 0 Å². The average molecular weight is 230 g/mol. The predicted molar refractivity (Wildman–Crippen MR) is 30.6 cm³/mol. The Bertz CT molecular complexity index is 54.4. The van der Waals surface area contributed by atoms with Crippen molar-refractivity contribution in [1.82, 2.24) is 0 Å². The molecule has 1 saturated heterocycles. The minimum Gasteiger partial charge on any atom is 0 e. The van der Waals surface area contributed by atoms with E-state index in [4.69, 9.17) is 5.11 Å². The number of hydrogen-bond acceptors (Lipinski definition) is 1. The first-order valence-electron chi connectivity index (χ1n) is 2.65. The van der Waals surface area contributed by atoms with Crippen molar-refractivity contribution in [3.63, 3.8) is 0 Å². The Morgan fingerprint density at radius 1 is 1.50 bits per heavy atom. The molecule has 1 N–H and O–H groups in total. The zero-order valence-electron chi connectivity index (χ0n) is 4.97. The van der Waals surface area contributed by atoms with Gasteiger partial charge in [0.25, 0.3) is 0 Å². The summed E-state index contributed by atoms with van der Waals surface area (Å²) in [7, 11) is 0. The number of aliphatic hydroxyl groups excluding tert-OH is 1. The Hall–Kier alpha value is 1.10. The van der Waals surface area contributed by atoms with Crippen molar-refractivity contribution in [2.45, 2.75) is 29.6 Å². The van der Waals surface area contributed by atoms with Gasteiger partial charge in [0.1, 0.15) is 0 Å². The third-order valence-corrected chi connectivity index (χ3v) is 3.65. The first kappa shape index (κ1) is 9.10. The van der Waals surface area contributed by atoms with Crippen molar-refractivity contribution in [2.75, 3.05) is 0 Å². The maximum atomic E-state index is 8.92. The summed E-state index contributed by atoms with van der Waals surface area (Å²) in [4.78, 5) is 0. The molecular formula is C5H10OSeZn. The first-order chi connectivity index (χ1) is 3.39. The summed E-state index contributed by atoms with van der Waals surface area (Å²) in [5.74, 6) is 0. The Labute approximate surface area is 69.2 Å². The van der Waals surface area contributed by atoms with E-state index < -0.39 is 0 Å². The van der Waals surface area contributed by atoms with Gasteiger partial charge >= 0.3 is 49.6 Å². The van der Waals surface area contributed by atoms with Crippen LogP contribution in [0.15, 0.2) is 0 Å². The molecule has 1 atom stereocenters. The topological polar surface area (TPSA) is 20.2 Å². The van der Waals surface area contributed by atoms with E-state index in [0.717, 1.165) is 26.7 Å². The summed E-state index contributed by atoms with van der Waals surface area (Å²) in [6.07, 6.45) is 2.39. The summed E-state index contributed by atoms with van der Waals surface area (Å²) in [6.45, 7) is 0. The van der Waals surface area contributed by atoms with Crippen molar-refractivity contribution >= 4 is 15.0 Å². The summed E-state index contributed by atoms with van der Waals surface area (Å²) < 4.78 is 0. The van der Waals surface area contributed by atoms with Crippen LogP contribution < -0.4 is 0 Å². The van der Waals surface area contributed by atoms with E-state index in [9.17, 15) is 0 Å². The Kier molecular flexibility index (Phi) is 5.61. The van der Waals surface area contributed by atoms with Crippen molar-refractivity contribution in [3.05, 3.63) is 0 Å². The van der Waals surface area contributed by atoms with Crippen LogP contribution in [0, 0.1) is 0 Å². The van der Waals surface area contributed by atoms with Crippen molar-refractivity contribution in [2.24, 2.45) is 0 Å². The number of hydrogen-bond donors (Lipinski definition) is 1. The minimum atomic E-state index is 0. The quantitative estimate of drug-likeness (QED) is 0.607. The molecule has 0 aromatic carbocycles. The van der Waals surface area contributed by atoms with E-state index in [1.54, 1.807) is 0 Å². The number of rotatable bonds is 0. The molecule has 0 spiro atoms. The van der Waals surface area contributed by atoms with Gasteiger partial charge in [-0.05, 0) is 0 Å². The normalized spacial score (nSPS) is 28.9. The molecule has 0 aromatic heterocycles. The smallest absolute Gasteiger partial charge is 0 e. The molecule has 8 heavy (non-hydrogen) atoms. The average Bonchev–Trinajstić information content (AvgIpc) is 1.69. The molecule has 3 heteroatoms. The van der Waals surface area contributed by atoms with E-state index in [1.165, 1.54) is 11.7 Å². The standard InChI is InChI=1S/C5H10OSe.Zn/c6-5-2-1-3-7-4-5;/h5-6H,1-4H2;. The van der Waals surface area contributed by atoms with Gasteiger partial charge in [0.2, 0.25) is 0 Å². The molecule has 44 valence electrons. The molecule has 0 bridgehead atoms. The molecule has 1 aliphatic rings. The minimum absolute atomic E-state index is 0. The van der Waals surface area contributed by atoms with E-state index >= 15 is 0 Å². The van der Waals surface area contributed by atoms with Gasteiger partial charge in [0.05, 0.1) is 0 Å². The maximum Gasteiger partial charge on any atom is 0 e. The van der Waals surface area contributed by atoms with E-state index in [0.29, 0.717) is 0 Å². The maximum absolute atomic E-state index is 8.92. The Balaban J connectivity index is 0.000000490. The molecule has 0 aliphatic carbocycles. The van der Waals surface area contributed by atoms with Crippen LogP contribution in [0.25, 0.3) is 0 Å². The summed E-state index contributed by atoms with van der Waals surface area (Å²) in [5.41, 5.74) is 0. The van der Waals surface area contributed by atoms with Gasteiger partial charge in [-0.15, -0.1) is 0 Å². The summed E-state index contributed by atoms with van der Waals surface area (Å²) >= 11 is 0.775. The van der Waals surface area contributed by atoms with Crippen LogP contribution in [0.2, 0.25) is 10.6 Å². The molecule has 1 aliphatic heterocycles. The fraction of sp³-hybridized carbons (Fsp3) is 1.00. The van der Waals surface area contributed by atoms with E-state index in [2.05, 4.69) is 0 Å². The van der Waals surface area contributed by atoms with Crippen molar-refractivity contribution < 1.29 is 24.6 Å². The zero-order valence-corrected chi connectivity index (χ0v) is 9.65. The molecule has 1 nitrogen and oxygen atoms in total. The van der Waals surface area contributed by atoms with Crippen LogP contribution in [0.3, 0.4) is 0 Å². The Morgan fingerprint density at radius 3 is 2.50 bits per heavy atom. The van der Waals surface area contributed by atoms with Crippen LogP contribution in [-0.2, 0) is 19.5 Å². The van der Waals surface area contributed by atoms with Gasteiger partial charge in [-0.3, -0.25) is 0 Å². The summed E-state index contributed by atoms with van der Waals surface area (Å²) in [5, 5.41) is 11.4. The molecule has 1 unspecified atom stereocenters. The van der Waals surface area contributed by atoms with Gasteiger partial charge in [-0.2, -0.15) is 0 Å². The largest absolute Gasteiger partial charge is 0 e. The van der Waals surface area contributed by atoms with Gasteiger partial charge in [0.15, 0.2) is 0 Å². The van der Waals surface area contributed by atoms with Crippen LogP contribution in [0.4, 0.5) is 0 Å². The first-order valence-corrected chi connectivity index (χ1v) is 5.07. The predicted octanol–water partition coefficient (Wildman–Crippen LogP) is 0.679. The third kappa shape index (κ3) is 3.19. The van der Waals surface area contributed by atoms with Gasteiger partial charge in [-0.1, -0.05) is 0 Å². The second-order valence-corrected chi connectivity index (χ2v) is 4.28. The van der Waals surface area contributed by atoms with Crippen LogP contribution in [0.1, 0.15) is 12.8 Å².